The topological polar surface area (TPSA) is 67.1 Å². The quantitative estimate of drug-likeness (QED) is 0.905. The van der Waals surface area contributed by atoms with E-state index in [2.05, 4.69) is 37.8 Å². The van der Waals surface area contributed by atoms with Crippen molar-refractivity contribution in [2.24, 2.45) is 10.9 Å². The molecule has 24 heavy (non-hydrogen) atoms. The molecule has 1 aromatic carbocycles. The molecule has 0 amide bonds. The number of nitrogens with zero attached hydrogens (tertiary/aromatic N) is 4. The van der Waals surface area contributed by atoms with E-state index >= 15 is 0 Å². The number of hydrogen-bond donors (Lipinski definition) is 2. The fraction of sp³-hybridized carbons (Fsp3) is 0.500. The summed E-state index contributed by atoms with van der Waals surface area (Å²) >= 11 is 0. The van der Waals surface area contributed by atoms with Crippen LogP contribution in [0, 0.1) is 5.92 Å². The van der Waals surface area contributed by atoms with E-state index in [1.165, 1.54) is 37.7 Å². The molecule has 1 atom stereocenters. The molecule has 1 aliphatic heterocycles. The van der Waals surface area contributed by atoms with Gasteiger partial charge in [-0.15, -0.1) is 0 Å². The summed E-state index contributed by atoms with van der Waals surface area (Å²) in [6.45, 7) is 1.66. The number of benzene rings is 1. The van der Waals surface area contributed by atoms with Crippen molar-refractivity contribution < 1.29 is 0 Å². The van der Waals surface area contributed by atoms with E-state index in [1.54, 1.807) is 17.3 Å². The molecule has 1 unspecified atom stereocenters. The number of guanidine groups is 1. The third-order valence-electron chi connectivity index (χ3n) is 5.04. The Morgan fingerprint density at radius 2 is 2.12 bits per heavy atom. The Kier molecular flexibility index (Phi) is 4.44. The lowest BCUT2D eigenvalue weighted by molar-refractivity contribution is 0.300. The lowest BCUT2D eigenvalue weighted by Crippen LogP contribution is -2.42. The van der Waals surface area contributed by atoms with E-state index in [1.807, 2.05) is 12.1 Å². The van der Waals surface area contributed by atoms with Gasteiger partial charge in [-0.05, 0) is 36.5 Å². The van der Waals surface area contributed by atoms with E-state index in [4.69, 9.17) is 0 Å². The molecule has 0 bridgehead atoms. The summed E-state index contributed by atoms with van der Waals surface area (Å²) in [7, 11) is 0. The van der Waals surface area contributed by atoms with Gasteiger partial charge in [0.05, 0.1) is 18.3 Å². The van der Waals surface area contributed by atoms with E-state index in [0.717, 1.165) is 30.7 Å². The maximum absolute atomic E-state index is 4.65. The highest BCUT2D eigenvalue weighted by molar-refractivity contribution is 5.81. The van der Waals surface area contributed by atoms with Crippen molar-refractivity contribution in [1.29, 1.82) is 0 Å². The van der Waals surface area contributed by atoms with Crippen LogP contribution in [-0.4, -0.2) is 33.3 Å². The number of aliphatic imine (C=N–C) groups is 1. The van der Waals surface area contributed by atoms with Crippen LogP contribution in [-0.2, 0) is 6.54 Å². The van der Waals surface area contributed by atoms with Crippen LogP contribution in [0.2, 0.25) is 0 Å². The van der Waals surface area contributed by atoms with E-state index < -0.39 is 0 Å². The molecule has 1 aliphatic carbocycles. The first kappa shape index (κ1) is 15.2. The molecule has 0 spiro atoms. The molecule has 2 aromatic rings. The number of aromatic nitrogens is 3. The fourth-order valence-corrected chi connectivity index (χ4v) is 3.70. The third kappa shape index (κ3) is 3.42. The van der Waals surface area contributed by atoms with Crippen molar-refractivity contribution in [3.8, 4) is 5.69 Å². The lowest BCUT2D eigenvalue weighted by atomic mass is 9.84. The Bertz CT molecular complexity index is 687. The standard InChI is InChI=1S/C18H24N6/c1-2-6-15(7-3-1)17-11-21-18(23-17)20-10-14-5-4-8-16(9-14)24-13-19-12-22-24/h4-5,8-9,12-13,15,17H,1-3,6-7,10-11H2,(H2,20,21,23). The van der Waals surface area contributed by atoms with Crippen LogP contribution in [0.3, 0.4) is 0 Å². The van der Waals surface area contributed by atoms with Gasteiger partial charge in [-0.3, -0.25) is 4.99 Å². The van der Waals surface area contributed by atoms with Gasteiger partial charge in [0.1, 0.15) is 12.7 Å². The summed E-state index contributed by atoms with van der Waals surface area (Å²) in [5.41, 5.74) is 2.22. The Hall–Kier alpha value is -2.37. The highest BCUT2D eigenvalue weighted by Gasteiger charge is 2.27. The molecule has 126 valence electrons. The SMILES string of the molecule is c1cc(CNC2=NCC(C3CCCCC3)N2)cc(-n2cncn2)c1. The molecule has 2 heterocycles. The molecule has 2 aliphatic rings. The van der Waals surface area contributed by atoms with Crippen molar-refractivity contribution >= 4 is 5.96 Å². The first-order valence-electron chi connectivity index (χ1n) is 8.87. The molecule has 6 nitrogen and oxygen atoms in total. The third-order valence-corrected chi connectivity index (χ3v) is 5.04. The smallest absolute Gasteiger partial charge is 0.191 e. The van der Waals surface area contributed by atoms with Crippen LogP contribution in [0.5, 0.6) is 0 Å². The zero-order valence-electron chi connectivity index (χ0n) is 13.9. The van der Waals surface area contributed by atoms with Crippen molar-refractivity contribution in [3.63, 3.8) is 0 Å². The molecule has 1 saturated carbocycles. The average Bonchev–Trinajstić information content (AvgIpc) is 3.33. The van der Waals surface area contributed by atoms with Gasteiger partial charge < -0.3 is 10.6 Å². The summed E-state index contributed by atoms with van der Waals surface area (Å²) < 4.78 is 1.77. The number of hydrogen-bond acceptors (Lipinski definition) is 5. The summed E-state index contributed by atoms with van der Waals surface area (Å²) in [5, 5.41) is 11.2. The zero-order chi connectivity index (χ0) is 16.2. The number of nitrogens with one attached hydrogen (secondary N) is 2. The first-order chi connectivity index (χ1) is 11.9. The zero-order valence-corrected chi connectivity index (χ0v) is 13.9. The minimum Gasteiger partial charge on any atom is -0.352 e. The van der Waals surface area contributed by atoms with Gasteiger partial charge >= 0.3 is 0 Å². The molecule has 4 rings (SSSR count). The van der Waals surface area contributed by atoms with Gasteiger partial charge in [-0.1, -0.05) is 31.4 Å². The van der Waals surface area contributed by atoms with E-state index in [0.29, 0.717) is 6.04 Å². The second-order valence-corrected chi connectivity index (χ2v) is 6.70. The molecular formula is C18H24N6. The molecular weight excluding hydrogens is 300 g/mol. The van der Waals surface area contributed by atoms with Gasteiger partial charge in [0, 0.05) is 6.54 Å². The largest absolute Gasteiger partial charge is 0.352 e. The van der Waals surface area contributed by atoms with Gasteiger partial charge in [-0.25, -0.2) is 9.67 Å². The van der Waals surface area contributed by atoms with Crippen molar-refractivity contribution in [1.82, 2.24) is 25.4 Å². The van der Waals surface area contributed by atoms with Crippen LogP contribution >= 0.6 is 0 Å². The normalized spacial score (nSPS) is 21.3. The second-order valence-electron chi connectivity index (χ2n) is 6.70. The Labute approximate surface area is 142 Å². The maximum Gasteiger partial charge on any atom is 0.191 e. The number of rotatable bonds is 4. The van der Waals surface area contributed by atoms with Gasteiger partial charge in [0.25, 0.3) is 0 Å². The maximum atomic E-state index is 4.65. The van der Waals surface area contributed by atoms with Crippen molar-refractivity contribution in [3.05, 3.63) is 42.5 Å². The highest BCUT2D eigenvalue weighted by atomic mass is 15.3. The van der Waals surface area contributed by atoms with E-state index in [9.17, 15) is 0 Å². The average molecular weight is 324 g/mol. The van der Waals surface area contributed by atoms with Gasteiger partial charge in [-0.2, -0.15) is 5.10 Å². The predicted molar refractivity (Wildman–Crippen MR) is 94.0 cm³/mol. The molecule has 1 fully saturated rings. The fourth-order valence-electron chi connectivity index (χ4n) is 3.70. The highest BCUT2D eigenvalue weighted by Crippen LogP contribution is 2.27. The Morgan fingerprint density at radius 1 is 1.21 bits per heavy atom. The van der Waals surface area contributed by atoms with E-state index in [-0.39, 0.29) is 0 Å². The van der Waals surface area contributed by atoms with Crippen molar-refractivity contribution in [2.75, 3.05) is 6.54 Å². The minimum absolute atomic E-state index is 0.522. The van der Waals surface area contributed by atoms with Crippen LogP contribution in [0.1, 0.15) is 37.7 Å². The van der Waals surface area contributed by atoms with Crippen LogP contribution in [0.25, 0.3) is 5.69 Å². The Balaban J connectivity index is 1.32. The van der Waals surface area contributed by atoms with Crippen molar-refractivity contribution in [2.45, 2.75) is 44.7 Å². The molecule has 1 aromatic heterocycles. The van der Waals surface area contributed by atoms with Gasteiger partial charge in [0.15, 0.2) is 5.96 Å². The summed E-state index contributed by atoms with van der Waals surface area (Å²) in [5.74, 6) is 1.73. The Morgan fingerprint density at radius 3 is 2.96 bits per heavy atom. The van der Waals surface area contributed by atoms with Gasteiger partial charge in [0.2, 0.25) is 0 Å². The van der Waals surface area contributed by atoms with Crippen LogP contribution in [0.15, 0.2) is 41.9 Å². The second kappa shape index (κ2) is 7.03. The monoisotopic (exact) mass is 324 g/mol. The van der Waals surface area contributed by atoms with Crippen LogP contribution < -0.4 is 10.6 Å². The lowest BCUT2D eigenvalue weighted by Gasteiger charge is -2.27. The summed E-state index contributed by atoms with van der Waals surface area (Å²) in [6, 6.07) is 8.83. The molecule has 2 N–H and O–H groups in total. The van der Waals surface area contributed by atoms with Crippen LogP contribution in [0.4, 0.5) is 0 Å². The minimum atomic E-state index is 0.522. The summed E-state index contributed by atoms with van der Waals surface area (Å²) in [4.78, 5) is 8.64. The molecule has 0 saturated heterocycles. The summed E-state index contributed by atoms with van der Waals surface area (Å²) in [6.07, 6.45) is 10.1. The molecule has 6 heteroatoms. The molecule has 0 radical (unpaired) electrons. The predicted octanol–water partition coefficient (Wildman–Crippen LogP) is 2.27. The first-order valence-corrected chi connectivity index (χ1v) is 8.87.